The second-order valence-corrected chi connectivity index (χ2v) is 12.8. The van der Waals surface area contributed by atoms with Crippen molar-refractivity contribution in [3.05, 3.63) is 113 Å². The minimum Gasteiger partial charge on any atom is -0.465 e. The summed E-state index contributed by atoms with van der Waals surface area (Å²) in [6, 6.07) is 25.4. The average molecular weight is 588 g/mol. The molecule has 0 amide bonds. The predicted molar refractivity (Wildman–Crippen MR) is 178 cm³/mol. The van der Waals surface area contributed by atoms with Crippen molar-refractivity contribution in [1.82, 2.24) is 14.5 Å². The molecule has 1 saturated carbocycles. The second kappa shape index (κ2) is 13.4. The summed E-state index contributed by atoms with van der Waals surface area (Å²) in [4.78, 5) is 20.2. The Morgan fingerprint density at radius 3 is 2.39 bits per heavy atom. The molecule has 3 atom stereocenters. The summed E-state index contributed by atoms with van der Waals surface area (Å²) in [5.74, 6) is 2.83. The van der Waals surface area contributed by atoms with Crippen LogP contribution in [0.4, 0.5) is 0 Å². The molecule has 0 aliphatic heterocycles. The number of hydrogen-bond donors (Lipinski definition) is 0. The predicted octanol–water partition coefficient (Wildman–Crippen LogP) is 8.64. The van der Waals surface area contributed by atoms with E-state index in [0.29, 0.717) is 17.4 Å². The van der Waals surface area contributed by atoms with Crippen molar-refractivity contribution in [3.63, 3.8) is 0 Å². The fourth-order valence-corrected chi connectivity index (χ4v) is 7.13. The van der Waals surface area contributed by atoms with Crippen LogP contribution in [-0.2, 0) is 24.4 Å². The largest absolute Gasteiger partial charge is 0.465 e. The number of unbranched alkanes of at least 4 members (excludes halogenated alkanes) is 1. The molecule has 1 aromatic heterocycles. The zero-order valence-electron chi connectivity index (χ0n) is 26.6. The molecular weight excluding hydrogens is 542 g/mol. The minimum atomic E-state index is -0.298. The number of hydrogen-bond acceptors (Lipinski definition) is 4. The highest BCUT2D eigenvalue weighted by Gasteiger charge is 2.36. The number of esters is 1. The molecule has 1 heterocycles. The van der Waals surface area contributed by atoms with Crippen molar-refractivity contribution in [2.75, 3.05) is 13.7 Å². The van der Waals surface area contributed by atoms with Gasteiger partial charge in [0.05, 0.1) is 24.1 Å². The molecule has 3 aromatic carbocycles. The molecular formula is C39H45N3O2. The van der Waals surface area contributed by atoms with E-state index in [0.717, 1.165) is 56.5 Å². The van der Waals surface area contributed by atoms with Crippen molar-refractivity contribution in [2.45, 2.75) is 66.1 Å². The third kappa shape index (κ3) is 6.44. The fourth-order valence-electron chi connectivity index (χ4n) is 7.13. The van der Waals surface area contributed by atoms with Gasteiger partial charge in [-0.05, 0) is 74.1 Å². The Hall–Kier alpha value is -3.96. The Bertz CT molecular complexity index is 1620. The van der Waals surface area contributed by atoms with E-state index in [9.17, 15) is 4.79 Å². The van der Waals surface area contributed by atoms with E-state index in [1.165, 1.54) is 53.5 Å². The van der Waals surface area contributed by atoms with E-state index < -0.39 is 0 Å². The van der Waals surface area contributed by atoms with Crippen LogP contribution in [0.15, 0.2) is 84.9 Å². The van der Waals surface area contributed by atoms with Crippen molar-refractivity contribution in [2.24, 2.45) is 17.8 Å². The Kier molecular flexibility index (Phi) is 9.13. The lowest BCUT2D eigenvalue weighted by Gasteiger charge is -2.29. The first kappa shape index (κ1) is 30.1. The number of aromatic nitrogens is 2. The van der Waals surface area contributed by atoms with Crippen LogP contribution in [0.25, 0.3) is 22.6 Å². The molecule has 0 radical (unpaired) electrons. The van der Waals surface area contributed by atoms with Crippen molar-refractivity contribution in [1.29, 1.82) is 0 Å². The molecule has 0 N–H and O–H groups in total. The Balaban J connectivity index is 1.42. The molecule has 0 saturated heterocycles. The lowest BCUT2D eigenvalue weighted by molar-refractivity contribution is 0.0600. The Morgan fingerprint density at radius 2 is 1.73 bits per heavy atom. The van der Waals surface area contributed by atoms with Crippen LogP contribution in [-0.4, -0.2) is 34.1 Å². The lowest BCUT2D eigenvalue weighted by Crippen LogP contribution is -2.31. The SMILES string of the molecule is CCCCn1c(-c2ccccc2C)nc(-c2ccc(C)cc2)c1CN(Cc1ccc(C(=O)OC)cc1)CC1CC2C=CC1C2. The highest BCUT2D eigenvalue weighted by molar-refractivity contribution is 5.89. The second-order valence-electron chi connectivity index (χ2n) is 12.8. The molecule has 2 aliphatic rings. The monoisotopic (exact) mass is 587 g/mol. The number of carbonyl (C=O) groups is 1. The van der Waals surface area contributed by atoms with Crippen LogP contribution >= 0.6 is 0 Å². The van der Waals surface area contributed by atoms with Crippen molar-refractivity contribution >= 4 is 5.97 Å². The lowest BCUT2D eigenvalue weighted by atomic mass is 9.92. The van der Waals surface area contributed by atoms with Gasteiger partial charge in [0.15, 0.2) is 0 Å². The highest BCUT2D eigenvalue weighted by atomic mass is 16.5. The standard InChI is InChI=1S/C39H45N3O2/c1-5-6-21-42-36(37(31-16-11-27(2)12-17-31)40-38(42)35-10-8-7-9-28(35)3)26-41(25-34-23-30-15-20-33(34)22-30)24-29-13-18-32(19-14-29)39(43)44-4/h7-20,30,33-34H,5-6,21-26H2,1-4H3. The molecule has 44 heavy (non-hydrogen) atoms. The van der Waals surface area contributed by atoms with Crippen molar-refractivity contribution < 1.29 is 9.53 Å². The molecule has 2 aliphatic carbocycles. The van der Waals surface area contributed by atoms with Crippen LogP contribution in [0, 0.1) is 31.6 Å². The number of methoxy groups -OCH3 is 1. The van der Waals surface area contributed by atoms with Crippen LogP contribution in [0.1, 0.15) is 65.3 Å². The van der Waals surface area contributed by atoms with E-state index in [1.807, 2.05) is 12.1 Å². The zero-order valence-corrected chi connectivity index (χ0v) is 26.6. The van der Waals surface area contributed by atoms with Gasteiger partial charge < -0.3 is 9.30 Å². The first-order valence-corrected chi connectivity index (χ1v) is 16.2. The van der Waals surface area contributed by atoms with Gasteiger partial charge in [-0.2, -0.15) is 0 Å². The molecule has 2 bridgehead atoms. The van der Waals surface area contributed by atoms with Gasteiger partial charge >= 0.3 is 5.97 Å². The number of allylic oxidation sites excluding steroid dienone is 2. The first-order valence-electron chi connectivity index (χ1n) is 16.2. The third-order valence-electron chi connectivity index (χ3n) is 9.58. The number of benzene rings is 3. The topological polar surface area (TPSA) is 47.4 Å². The van der Waals surface area contributed by atoms with Gasteiger partial charge in [-0.25, -0.2) is 9.78 Å². The van der Waals surface area contributed by atoms with Crippen LogP contribution in [0.2, 0.25) is 0 Å². The van der Waals surface area contributed by atoms with Crippen LogP contribution < -0.4 is 0 Å². The quantitative estimate of drug-likeness (QED) is 0.123. The van der Waals surface area contributed by atoms with Gasteiger partial charge in [-0.15, -0.1) is 0 Å². The van der Waals surface area contributed by atoms with E-state index in [1.54, 1.807) is 0 Å². The maximum absolute atomic E-state index is 12.1. The first-order chi connectivity index (χ1) is 21.4. The molecule has 4 aromatic rings. The number of fused-ring (bicyclic) bond motifs is 2. The molecule has 0 spiro atoms. The number of rotatable bonds is 12. The summed E-state index contributed by atoms with van der Waals surface area (Å²) in [6.07, 6.45) is 9.68. The molecule has 3 unspecified atom stereocenters. The number of aryl methyl sites for hydroxylation is 2. The molecule has 6 rings (SSSR count). The maximum Gasteiger partial charge on any atom is 0.337 e. The zero-order chi connectivity index (χ0) is 30.6. The summed E-state index contributed by atoms with van der Waals surface area (Å²) in [5.41, 5.74) is 9.01. The number of ether oxygens (including phenoxy) is 1. The van der Waals surface area contributed by atoms with Crippen LogP contribution in [0.5, 0.6) is 0 Å². The van der Waals surface area contributed by atoms with Gasteiger partial charge in [0.2, 0.25) is 0 Å². The molecule has 5 nitrogen and oxygen atoms in total. The highest BCUT2D eigenvalue weighted by Crippen LogP contribution is 2.44. The van der Waals surface area contributed by atoms with E-state index in [2.05, 4.69) is 103 Å². The molecule has 1 fully saturated rings. The maximum atomic E-state index is 12.1. The number of nitrogens with zero attached hydrogens (tertiary/aromatic N) is 3. The smallest absolute Gasteiger partial charge is 0.337 e. The number of carbonyl (C=O) groups excluding carboxylic acids is 1. The summed E-state index contributed by atoms with van der Waals surface area (Å²) in [7, 11) is 1.43. The van der Waals surface area contributed by atoms with Gasteiger partial charge in [0, 0.05) is 37.3 Å². The van der Waals surface area contributed by atoms with E-state index in [-0.39, 0.29) is 5.97 Å². The summed E-state index contributed by atoms with van der Waals surface area (Å²) in [5, 5.41) is 0. The van der Waals surface area contributed by atoms with Crippen LogP contribution in [0.3, 0.4) is 0 Å². The number of imidazole rings is 1. The third-order valence-corrected chi connectivity index (χ3v) is 9.58. The van der Waals surface area contributed by atoms with E-state index in [4.69, 9.17) is 9.72 Å². The minimum absolute atomic E-state index is 0.298. The van der Waals surface area contributed by atoms with E-state index >= 15 is 0 Å². The fraction of sp³-hybridized carbons (Fsp3) is 0.385. The summed E-state index contributed by atoms with van der Waals surface area (Å²) < 4.78 is 7.45. The molecule has 5 heteroatoms. The normalized spacial score (nSPS) is 18.8. The van der Waals surface area contributed by atoms with Gasteiger partial charge in [-0.1, -0.05) is 91.7 Å². The Labute approximate surface area is 262 Å². The molecule has 228 valence electrons. The van der Waals surface area contributed by atoms with Gasteiger partial charge in [-0.3, -0.25) is 4.90 Å². The van der Waals surface area contributed by atoms with Gasteiger partial charge in [0.1, 0.15) is 5.82 Å². The summed E-state index contributed by atoms with van der Waals surface area (Å²) >= 11 is 0. The Morgan fingerprint density at radius 1 is 0.955 bits per heavy atom. The average Bonchev–Trinajstić information content (AvgIpc) is 3.76. The van der Waals surface area contributed by atoms with Crippen molar-refractivity contribution in [3.8, 4) is 22.6 Å². The van der Waals surface area contributed by atoms with Gasteiger partial charge in [0.25, 0.3) is 0 Å². The summed E-state index contributed by atoms with van der Waals surface area (Å²) in [6.45, 7) is 10.2.